The van der Waals surface area contributed by atoms with Crippen LogP contribution in [0, 0.1) is 5.92 Å². The molecule has 9 heteroatoms. The summed E-state index contributed by atoms with van der Waals surface area (Å²) < 4.78 is 10.1. The number of methoxy groups -OCH3 is 1. The molecule has 9 nitrogen and oxygen atoms in total. The second-order valence-electron chi connectivity index (χ2n) is 9.90. The maximum Gasteiger partial charge on any atom is 0.407 e. The van der Waals surface area contributed by atoms with Crippen molar-refractivity contribution < 1.29 is 19.1 Å². The standard InChI is InChI=1S/C26H33N5O4/c1-26(2,3)35-25(33)30-14-16-11-18(12-16)28-9-10-29-23-20-7-8-27-15-21(20)19-6-5-17(24(32)34-4)13-22(19)31-23/h5-8,13,15-16,18,28H,9-12,14H2,1-4H3,(H,29,31)(H,30,33). The van der Waals surface area contributed by atoms with Gasteiger partial charge in [0.1, 0.15) is 11.4 Å². The lowest BCUT2D eigenvalue weighted by Gasteiger charge is -2.36. The van der Waals surface area contributed by atoms with Crippen molar-refractivity contribution in [3.8, 4) is 0 Å². The molecule has 4 rings (SSSR count). The summed E-state index contributed by atoms with van der Waals surface area (Å²) >= 11 is 0. The van der Waals surface area contributed by atoms with Crippen molar-refractivity contribution in [1.29, 1.82) is 0 Å². The van der Waals surface area contributed by atoms with Gasteiger partial charge in [-0.2, -0.15) is 0 Å². The van der Waals surface area contributed by atoms with Crippen LogP contribution in [0.3, 0.4) is 0 Å². The maximum absolute atomic E-state index is 12.0. The Morgan fingerprint density at radius 1 is 1.09 bits per heavy atom. The molecule has 1 aliphatic carbocycles. The summed E-state index contributed by atoms with van der Waals surface area (Å²) in [6.07, 6.45) is 5.26. The highest BCUT2D eigenvalue weighted by Gasteiger charge is 2.29. The Bertz CT molecular complexity index is 1220. The molecule has 0 aliphatic heterocycles. The molecule has 0 saturated heterocycles. The van der Waals surface area contributed by atoms with Gasteiger partial charge in [0.05, 0.1) is 18.2 Å². The number of benzene rings is 1. The first-order chi connectivity index (χ1) is 16.7. The van der Waals surface area contributed by atoms with E-state index in [2.05, 4.69) is 20.9 Å². The second-order valence-corrected chi connectivity index (χ2v) is 9.90. The van der Waals surface area contributed by atoms with Crippen LogP contribution in [-0.4, -0.2) is 60.4 Å². The van der Waals surface area contributed by atoms with Crippen LogP contribution in [-0.2, 0) is 9.47 Å². The molecule has 1 fully saturated rings. The largest absolute Gasteiger partial charge is 0.465 e. The quantitative estimate of drug-likeness (QED) is 0.253. The third kappa shape index (κ3) is 6.16. The number of carbonyl (C=O) groups is 2. The van der Waals surface area contributed by atoms with Crippen molar-refractivity contribution >= 4 is 39.6 Å². The molecule has 186 valence electrons. The van der Waals surface area contributed by atoms with Crippen LogP contribution in [0.5, 0.6) is 0 Å². The number of anilines is 1. The van der Waals surface area contributed by atoms with Crippen molar-refractivity contribution in [2.45, 2.75) is 45.3 Å². The van der Waals surface area contributed by atoms with E-state index < -0.39 is 11.6 Å². The number of carbonyl (C=O) groups excluding carboxylic acids is 2. The lowest BCUT2D eigenvalue weighted by atomic mass is 9.80. The van der Waals surface area contributed by atoms with Crippen molar-refractivity contribution in [2.75, 3.05) is 32.1 Å². The molecule has 0 atom stereocenters. The lowest BCUT2D eigenvalue weighted by Crippen LogP contribution is -2.47. The van der Waals surface area contributed by atoms with Crippen LogP contribution in [0.1, 0.15) is 44.0 Å². The minimum atomic E-state index is -0.480. The highest BCUT2D eigenvalue weighted by atomic mass is 16.6. The fraction of sp³-hybridized carbons (Fsp3) is 0.462. The summed E-state index contributed by atoms with van der Waals surface area (Å²) in [6.45, 7) is 7.69. The van der Waals surface area contributed by atoms with E-state index in [1.165, 1.54) is 7.11 Å². The van der Waals surface area contributed by atoms with Gasteiger partial charge in [0, 0.05) is 54.2 Å². The predicted molar refractivity (Wildman–Crippen MR) is 136 cm³/mol. The van der Waals surface area contributed by atoms with Gasteiger partial charge < -0.3 is 25.4 Å². The number of hydrogen-bond acceptors (Lipinski definition) is 8. The molecule has 3 N–H and O–H groups in total. The zero-order valence-corrected chi connectivity index (χ0v) is 20.7. The van der Waals surface area contributed by atoms with Gasteiger partial charge in [-0.3, -0.25) is 4.98 Å². The van der Waals surface area contributed by atoms with E-state index in [0.29, 0.717) is 36.1 Å². The first-order valence-corrected chi connectivity index (χ1v) is 11.9. The van der Waals surface area contributed by atoms with Gasteiger partial charge in [0.15, 0.2) is 0 Å². The third-order valence-electron chi connectivity index (χ3n) is 6.04. The fourth-order valence-corrected chi connectivity index (χ4v) is 4.30. The highest BCUT2D eigenvalue weighted by molar-refractivity contribution is 6.10. The Morgan fingerprint density at radius 3 is 2.63 bits per heavy atom. The Morgan fingerprint density at radius 2 is 1.89 bits per heavy atom. The zero-order valence-electron chi connectivity index (χ0n) is 20.7. The second kappa shape index (κ2) is 10.4. The Balaban J connectivity index is 1.29. The summed E-state index contributed by atoms with van der Waals surface area (Å²) in [5.41, 5.74) is 0.693. The third-order valence-corrected chi connectivity index (χ3v) is 6.04. The van der Waals surface area contributed by atoms with Crippen LogP contribution >= 0.6 is 0 Å². The molecule has 0 spiro atoms. The van der Waals surface area contributed by atoms with Gasteiger partial charge >= 0.3 is 12.1 Å². The van der Waals surface area contributed by atoms with Gasteiger partial charge in [-0.1, -0.05) is 6.07 Å². The Hall–Kier alpha value is -3.46. The number of esters is 1. The average Bonchev–Trinajstić information content (AvgIpc) is 2.80. The number of ether oxygens (including phenoxy) is 2. The maximum atomic E-state index is 12.0. The van der Waals surface area contributed by atoms with Crippen molar-refractivity contribution in [2.24, 2.45) is 5.92 Å². The van der Waals surface area contributed by atoms with E-state index in [9.17, 15) is 9.59 Å². The van der Waals surface area contributed by atoms with E-state index >= 15 is 0 Å². The van der Waals surface area contributed by atoms with Crippen molar-refractivity contribution in [3.05, 3.63) is 42.2 Å². The van der Waals surface area contributed by atoms with Crippen molar-refractivity contribution in [3.63, 3.8) is 0 Å². The van der Waals surface area contributed by atoms with Crippen LogP contribution < -0.4 is 16.0 Å². The van der Waals surface area contributed by atoms with Crippen molar-refractivity contribution in [1.82, 2.24) is 20.6 Å². The van der Waals surface area contributed by atoms with E-state index in [-0.39, 0.29) is 6.09 Å². The molecule has 0 radical (unpaired) electrons. The molecular weight excluding hydrogens is 446 g/mol. The zero-order chi connectivity index (χ0) is 25.0. The summed E-state index contributed by atoms with van der Waals surface area (Å²) in [7, 11) is 1.37. The van der Waals surface area contributed by atoms with E-state index in [1.54, 1.807) is 18.3 Å². The molecule has 0 unspecified atom stereocenters. The number of amides is 1. The molecule has 3 aromatic rings. The number of hydrogen-bond donors (Lipinski definition) is 3. The Labute approximate surface area is 205 Å². The molecule has 1 saturated carbocycles. The monoisotopic (exact) mass is 479 g/mol. The minimum absolute atomic E-state index is 0.359. The number of nitrogens with one attached hydrogen (secondary N) is 3. The van der Waals surface area contributed by atoms with E-state index in [1.807, 2.05) is 39.1 Å². The van der Waals surface area contributed by atoms with Crippen LogP contribution in [0.15, 0.2) is 36.7 Å². The molecule has 0 bridgehead atoms. The first-order valence-electron chi connectivity index (χ1n) is 11.9. The van der Waals surface area contributed by atoms with Gasteiger partial charge in [-0.15, -0.1) is 0 Å². The molecule has 2 aromatic heterocycles. The SMILES string of the molecule is COC(=O)c1ccc2c(c1)nc(NCCNC1CC(CNC(=O)OC(C)(C)C)C1)c1ccncc12. The van der Waals surface area contributed by atoms with Gasteiger partial charge in [0.2, 0.25) is 0 Å². The fourth-order valence-electron chi connectivity index (χ4n) is 4.30. The molecule has 35 heavy (non-hydrogen) atoms. The number of pyridine rings is 2. The number of rotatable bonds is 8. The number of alkyl carbamates (subject to hydrolysis) is 1. The topological polar surface area (TPSA) is 114 Å². The van der Waals surface area contributed by atoms with Crippen LogP contribution in [0.4, 0.5) is 10.6 Å². The molecular formula is C26H33N5O4. The normalized spacial score (nSPS) is 17.6. The summed E-state index contributed by atoms with van der Waals surface area (Å²) in [5, 5.41) is 12.7. The average molecular weight is 480 g/mol. The minimum Gasteiger partial charge on any atom is -0.465 e. The molecule has 2 heterocycles. The molecule has 1 aliphatic rings. The van der Waals surface area contributed by atoms with Gasteiger partial charge in [-0.25, -0.2) is 14.6 Å². The van der Waals surface area contributed by atoms with Gasteiger partial charge in [-0.05, 0) is 57.7 Å². The first kappa shape index (κ1) is 24.7. The number of aromatic nitrogens is 2. The van der Waals surface area contributed by atoms with Gasteiger partial charge in [0.25, 0.3) is 0 Å². The highest BCUT2D eigenvalue weighted by Crippen LogP contribution is 2.29. The number of nitrogens with zero attached hydrogens (tertiary/aromatic N) is 2. The van der Waals surface area contributed by atoms with E-state index in [0.717, 1.165) is 41.4 Å². The molecule has 1 aromatic carbocycles. The lowest BCUT2D eigenvalue weighted by molar-refractivity contribution is 0.0503. The predicted octanol–water partition coefficient (Wildman–Crippen LogP) is 3.87. The summed E-state index contributed by atoms with van der Waals surface area (Å²) in [5.74, 6) is 0.834. The van der Waals surface area contributed by atoms with E-state index in [4.69, 9.17) is 14.5 Å². The summed E-state index contributed by atoms with van der Waals surface area (Å²) in [4.78, 5) is 32.8. The number of fused-ring (bicyclic) bond motifs is 3. The van der Waals surface area contributed by atoms with Crippen LogP contribution in [0.2, 0.25) is 0 Å². The molecule has 1 amide bonds. The summed E-state index contributed by atoms with van der Waals surface area (Å²) in [6, 6.07) is 7.76. The Kier molecular flexibility index (Phi) is 7.35. The smallest absolute Gasteiger partial charge is 0.407 e. The van der Waals surface area contributed by atoms with Crippen LogP contribution in [0.25, 0.3) is 21.7 Å².